The summed E-state index contributed by atoms with van der Waals surface area (Å²) in [6.07, 6.45) is 6.48. The van der Waals surface area contributed by atoms with Crippen molar-refractivity contribution >= 4 is 17.7 Å². The van der Waals surface area contributed by atoms with Gasteiger partial charge in [0.15, 0.2) is 5.16 Å². The van der Waals surface area contributed by atoms with Crippen LogP contribution in [-0.2, 0) is 24.3 Å². The molecule has 1 aliphatic heterocycles. The number of H-pyrrole nitrogens is 1. The lowest BCUT2D eigenvalue weighted by Gasteiger charge is -2.31. The number of aromatic amines is 1. The third-order valence-corrected chi connectivity index (χ3v) is 7.15. The van der Waals surface area contributed by atoms with Crippen LogP contribution in [0.1, 0.15) is 48.9 Å². The van der Waals surface area contributed by atoms with E-state index in [1.165, 1.54) is 43.2 Å². The Morgan fingerprint density at radius 1 is 1.26 bits per heavy atom. The van der Waals surface area contributed by atoms with Crippen LogP contribution in [0.5, 0.6) is 0 Å². The fourth-order valence-corrected chi connectivity index (χ4v) is 5.22. The molecule has 4 rings (SSSR count). The first-order valence-corrected chi connectivity index (χ1v) is 12.0. The number of aromatic nitrogens is 2. The second-order valence-electron chi connectivity index (χ2n) is 8.47. The molecule has 1 aromatic heterocycles. The Bertz CT molecular complexity index is 973. The Morgan fingerprint density at radius 2 is 2.00 bits per heavy atom. The Morgan fingerprint density at radius 3 is 2.74 bits per heavy atom. The number of carbonyl (C=O) groups excluding carboxylic acids is 1. The summed E-state index contributed by atoms with van der Waals surface area (Å²) >= 11 is 1.31. The predicted molar refractivity (Wildman–Crippen MR) is 119 cm³/mol. The first-order valence-electron chi connectivity index (χ1n) is 11.0. The lowest BCUT2D eigenvalue weighted by Crippen LogP contribution is -2.39. The Balaban J connectivity index is 1.35. The number of benzene rings is 1. The van der Waals surface area contributed by atoms with E-state index in [4.69, 9.17) is 0 Å². The van der Waals surface area contributed by atoms with Gasteiger partial charge in [0.2, 0.25) is 5.91 Å². The minimum Gasteiger partial charge on any atom is -0.342 e. The van der Waals surface area contributed by atoms with Crippen LogP contribution in [0.25, 0.3) is 0 Å². The van der Waals surface area contributed by atoms with Crippen molar-refractivity contribution in [2.24, 2.45) is 0 Å². The van der Waals surface area contributed by atoms with Gasteiger partial charge in [0, 0.05) is 39.1 Å². The molecule has 0 saturated heterocycles. The van der Waals surface area contributed by atoms with Gasteiger partial charge >= 0.3 is 0 Å². The molecule has 0 radical (unpaired) electrons. The van der Waals surface area contributed by atoms with E-state index >= 15 is 0 Å². The molecule has 6 nitrogen and oxygen atoms in total. The lowest BCUT2D eigenvalue weighted by atomic mass is 9.94. The number of thioether (sulfide) groups is 1. The summed E-state index contributed by atoms with van der Waals surface area (Å²) < 4.78 is 13.1. The standard InChI is InChI=1S/C23H29FN4O2S/c1-27(18-5-3-2-4-6-18)21(29)15-31-23-25-20-11-12-28(14-19(20)22(30)26-23)13-16-7-9-17(24)10-8-16/h7-10,18H,2-6,11-15H2,1H3,(H,25,26,30). The second-order valence-corrected chi connectivity index (χ2v) is 9.43. The van der Waals surface area contributed by atoms with Gasteiger partial charge in [-0.3, -0.25) is 14.5 Å². The van der Waals surface area contributed by atoms with Gasteiger partial charge in [-0.05, 0) is 30.5 Å². The molecule has 1 aromatic carbocycles. The Labute approximate surface area is 186 Å². The molecule has 2 heterocycles. The molecule has 1 fully saturated rings. The van der Waals surface area contributed by atoms with E-state index in [0.717, 1.165) is 30.6 Å². The fourth-order valence-electron chi connectivity index (χ4n) is 4.41. The SMILES string of the molecule is CN(C(=O)CSc1nc2c(c(=O)[nH]1)CN(Cc1ccc(F)cc1)CC2)C1CCCCC1. The number of rotatable bonds is 6. The van der Waals surface area contributed by atoms with Crippen LogP contribution in [0.2, 0.25) is 0 Å². The van der Waals surface area contributed by atoms with Gasteiger partial charge in [-0.15, -0.1) is 0 Å². The number of nitrogens with one attached hydrogen (secondary N) is 1. The average molecular weight is 445 g/mol. The molecular weight excluding hydrogens is 415 g/mol. The number of nitrogens with zero attached hydrogens (tertiary/aromatic N) is 3. The number of carbonyl (C=O) groups is 1. The molecular formula is C23H29FN4O2S. The van der Waals surface area contributed by atoms with Gasteiger partial charge < -0.3 is 9.88 Å². The number of halogens is 1. The minimum absolute atomic E-state index is 0.0859. The van der Waals surface area contributed by atoms with Gasteiger partial charge in [-0.2, -0.15) is 0 Å². The second kappa shape index (κ2) is 9.96. The third kappa shape index (κ3) is 5.54. The van der Waals surface area contributed by atoms with E-state index < -0.39 is 0 Å². The molecule has 1 N–H and O–H groups in total. The van der Waals surface area contributed by atoms with Crippen LogP contribution in [0, 0.1) is 5.82 Å². The van der Waals surface area contributed by atoms with E-state index in [2.05, 4.69) is 14.9 Å². The first-order chi connectivity index (χ1) is 15.0. The summed E-state index contributed by atoms with van der Waals surface area (Å²) in [5.74, 6) is 0.121. The molecule has 2 aromatic rings. The zero-order valence-electron chi connectivity index (χ0n) is 17.9. The molecule has 1 amide bonds. The van der Waals surface area contributed by atoms with Gasteiger partial charge in [-0.1, -0.05) is 43.2 Å². The third-order valence-electron chi connectivity index (χ3n) is 6.29. The molecule has 0 unspecified atom stereocenters. The van der Waals surface area contributed by atoms with Crippen molar-refractivity contribution in [2.45, 2.75) is 62.8 Å². The quantitative estimate of drug-likeness (QED) is 0.547. The largest absolute Gasteiger partial charge is 0.342 e. The number of hydrogen-bond donors (Lipinski definition) is 1. The van der Waals surface area contributed by atoms with Crippen LogP contribution in [0.3, 0.4) is 0 Å². The summed E-state index contributed by atoms with van der Waals surface area (Å²) in [6, 6.07) is 6.79. The lowest BCUT2D eigenvalue weighted by molar-refractivity contribution is -0.129. The highest BCUT2D eigenvalue weighted by Crippen LogP contribution is 2.23. The van der Waals surface area contributed by atoms with E-state index in [1.54, 1.807) is 12.1 Å². The van der Waals surface area contributed by atoms with Crippen molar-refractivity contribution in [3.8, 4) is 0 Å². The molecule has 0 spiro atoms. The van der Waals surface area contributed by atoms with Crippen LogP contribution in [0.15, 0.2) is 34.2 Å². The number of amides is 1. The van der Waals surface area contributed by atoms with Crippen LogP contribution < -0.4 is 5.56 Å². The molecule has 1 aliphatic carbocycles. The Hall–Kier alpha value is -2.19. The van der Waals surface area contributed by atoms with Crippen LogP contribution >= 0.6 is 11.8 Å². The molecule has 1 saturated carbocycles. The summed E-state index contributed by atoms with van der Waals surface area (Å²) in [4.78, 5) is 36.8. The maximum absolute atomic E-state index is 13.1. The number of hydrogen-bond acceptors (Lipinski definition) is 5. The Kier molecular flexibility index (Phi) is 7.07. The minimum atomic E-state index is -0.248. The van der Waals surface area contributed by atoms with Crippen molar-refractivity contribution in [3.05, 3.63) is 57.3 Å². The van der Waals surface area contributed by atoms with E-state index in [-0.39, 0.29) is 23.0 Å². The van der Waals surface area contributed by atoms with Crippen molar-refractivity contribution in [1.82, 2.24) is 19.8 Å². The zero-order chi connectivity index (χ0) is 21.8. The topological polar surface area (TPSA) is 69.3 Å². The molecule has 0 bridgehead atoms. The monoisotopic (exact) mass is 444 g/mol. The highest BCUT2D eigenvalue weighted by atomic mass is 32.2. The van der Waals surface area contributed by atoms with E-state index in [1.807, 2.05) is 11.9 Å². The van der Waals surface area contributed by atoms with Crippen molar-refractivity contribution in [1.29, 1.82) is 0 Å². The van der Waals surface area contributed by atoms with Gasteiger partial charge in [0.25, 0.3) is 5.56 Å². The summed E-state index contributed by atoms with van der Waals surface area (Å²) in [6.45, 7) is 1.97. The van der Waals surface area contributed by atoms with E-state index in [9.17, 15) is 14.0 Å². The van der Waals surface area contributed by atoms with Crippen molar-refractivity contribution < 1.29 is 9.18 Å². The molecule has 8 heteroatoms. The average Bonchev–Trinajstić information content (AvgIpc) is 2.79. The number of fused-ring (bicyclic) bond motifs is 1. The summed E-state index contributed by atoms with van der Waals surface area (Å²) in [7, 11) is 1.89. The van der Waals surface area contributed by atoms with Crippen molar-refractivity contribution in [2.75, 3.05) is 19.3 Å². The maximum Gasteiger partial charge on any atom is 0.256 e. The molecule has 0 atom stereocenters. The molecule has 2 aliphatic rings. The van der Waals surface area contributed by atoms with Gasteiger partial charge in [0.05, 0.1) is 17.0 Å². The summed E-state index contributed by atoms with van der Waals surface area (Å²) in [5, 5.41) is 0.515. The summed E-state index contributed by atoms with van der Waals surface area (Å²) in [5.41, 5.74) is 2.38. The fraction of sp³-hybridized carbons (Fsp3) is 0.522. The van der Waals surface area contributed by atoms with Crippen LogP contribution in [0.4, 0.5) is 4.39 Å². The normalized spacial score (nSPS) is 17.4. The van der Waals surface area contributed by atoms with Crippen LogP contribution in [-0.4, -0.2) is 51.1 Å². The molecule has 31 heavy (non-hydrogen) atoms. The highest BCUT2D eigenvalue weighted by molar-refractivity contribution is 7.99. The van der Waals surface area contributed by atoms with Gasteiger partial charge in [-0.25, -0.2) is 9.37 Å². The highest BCUT2D eigenvalue weighted by Gasteiger charge is 2.24. The van der Waals surface area contributed by atoms with E-state index in [0.29, 0.717) is 36.3 Å². The zero-order valence-corrected chi connectivity index (χ0v) is 18.7. The molecule has 166 valence electrons. The predicted octanol–water partition coefficient (Wildman–Crippen LogP) is 3.35. The smallest absolute Gasteiger partial charge is 0.256 e. The van der Waals surface area contributed by atoms with Crippen molar-refractivity contribution in [3.63, 3.8) is 0 Å². The maximum atomic E-state index is 13.1. The first kappa shape index (κ1) is 22.0. The van der Waals surface area contributed by atoms with Gasteiger partial charge in [0.1, 0.15) is 5.82 Å².